The predicted octanol–water partition coefficient (Wildman–Crippen LogP) is 5.70. The number of unbranched alkanes of at least 4 members (excludes halogenated alkanes) is 2. The molecule has 6 heteroatoms. The van der Waals surface area contributed by atoms with Crippen LogP contribution in [0.15, 0.2) is 66.4 Å². The van der Waals surface area contributed by atoms with Crippen molar-refractivity contribution in [2.75, 3.05) is 36.8 Å². The minimum Gasteiger partial charge on any atom is -0.374 e. The first-order chi connectivity index (χ1) is 15.4. The molecular formula is C26H38N2O3S. The number of allylic oxidation sites excluding steroid dienone is 5. The first-order valence-electron chi connectivity index (χ1n) is 11.7. The number of anilines is 1. The summed E-state index contributed by atoms with van der Waals surface area (Å²) in [4.78, 5) is 4.53. The average molecular weight is 459 g/mol. The molecule has 0 amide bonds. The van der Waals surface area contributed by atoms with E-state index < -0.39 is 10.1 Å². The fourth-order valence-electron chi connectivity index (χ4n) is 3.48. The SMILES string of the molecule is CCCCN(CCCC)c1ccc(C=CC=CC2=CCN(CCCS(=O)(=O)O)C=C2)cc1. The molecule has 0 radical (unpaired) electrons. The lowest BCUT2D eigenvalue weighted by atomic mass is 10.1. The van der Waals surface area contributed by atoms with Crippen LogP contribution in [0.2, 0.25) is 0 Å². The predicted molar refractivity (Wildman–Crippen MR) is 136 cm³/mol. The van der Waals surface area contributed by atoms with Crippen LogP contribution in [-0.2, 0) is 10.1 Å². The Bertz CT molecular complexity index is 892. The molecule has 0 saturated carbocycles. The van der Waals surface area contributed by atoms with Crippen LogP contribution in [0.25, 0.3) is 6.08 Å². The Morgan fingerprint density at radius 2 is 1.66 bits per heavy atom. The van der Waals surface area contributed by atoms with Gasteiger partial charge in [0.15, 0.2) is 0 Å². The smallest absolute Gasteiger partial charge is 0.264 e. The molecule has 1 N–H and O–H groups in total. The summed E-state index contributed by atoms with van der Waals surface area (Å²) in [5, 5.41) is 0. The molecule has 176 valence electrons. The van der Waals surface area contributed by atoms with Gasteiger partial charge in [-0.05, 0) is 54.8 Å². The zero-order valence-corrected chi connectivity index (χ0v) is 20.3. The van der Waals surface area contributed by atoms with E-state index in [1.54, 1.807) is 0 Å². The molecule has 1 heterocycles. The summed E-state index contributed by atoms with van der Waals surface area (Å²) in [6.45, 7) is 8.06. The van der Waals surface area contributed by atoms with Crippen LogP contribution in [0.3, 0.4) is 0 Å². The molecule has 32 heavy (non-hydrogen) atoms. The van der Waals surface area contributed by atoms with E-state index in [9.17, 15) is 8.42 Å². The fourth-order valence-corrected chi connectivity index (χ4v) is 3.97. The van der Waals surface area contributed by atoms with Crippen LogP contribution in [0.4, 0.5) is 5.69 Å². The lowest BCUT2D eigenvalue weighted by molar-refractivity contribution is 0.405. The Morgan fingerprint density at radius 3 is 2.22 bits per heavy atom. The Hall–Kier alpha value is -2.31. The third-order valence-corrected chi connectivity index (χ3v) is 6.20. The summed E-state index contributed by atoms with van der Waals surface area (Å²) in [5.41, 5.74) is 3.61. The van der Waals surface area contributed by atoms with Crippen molar-refractivity contribution in [3.63, 3.8) is 0 Å². The molecule has 0 saturated heterocycles. The molecule has 0 unspecified atom stereocenters. The topological polar surface area (TPSA) is 60.9 Å². The third kappa shape index (κ3) is 10.3. The largest absolute Gasteiger partial charge is 0.374 e. The van der Waals surface area contributed by atoms with Crippen molar-refractivity contribution in [1.29, 1.82) is 0 Å². The lowest BCUT2D eigenvalue weighted by Crippen LogP contribution is -2.25. The minimum absolute atomic E-state index is 0.199. The molecule has 0 aliphatic carbocycles. The van der Waals surface area contributed by atoms with Crippen LogP contribution in [-0.4, -0.2) is 49.8 Å². The molecule has 0 aromatic heterocycles. The van der Waals surface area contributed by atoms with Crippen molar-refractivity contribution in [3.8, 4) is 0 Å². The normalized spacial score (nSPS) is 14.5. The maximum Gasteiger partial charge on any atom is 0.264 e. The second-order valence-electron chi connectivity index (χ2n) is 8.16. The zero-order chi connectivity index (χ0) is 23.2. The number of nitrogens with zero attached hydrogens (tertiary/aromatic N) is 2. The molecule has 0 spiro atoms. The van der Waals surface area contributed by atoms with Crippen LogP contribution in [0, 0.1) is 0 Å². The molecule has 1 aliphatic heterocycles. The van der Waals surface area contributed by atoms with Crippen LogP contribution in [0.5, 0.6) is 0 Å². The summed E-state index contributed by atoms with van der Waals surface area (Å²) >= 11 is 0. The highest BCUT2D eigenvalue weighted by molar-refractivity contribution is 7.85. The van der Waals surface area contributed by atoms with Gasteiger partial charge in [0, 0.05) is 31.9 Å². The highest BCUT2D eigenvalue weighted by Gasteiger charge is 2.07. The van der Waals surface area contributed by atoms with Gasteiger partial charge in [0.05, 0.1) is 5.75 Å². The lowest BCUT2D eigenvalue weighted by Gasteiger charge is -2.24. The van der Waals surface area contributed by atoms with Gasteiger partial charge in [-0.1, -0.05) is 69.2 Å². The molecule has 0 bridgehead atoms. The highest BCUT2D eigenvalue weighted by Crippen LogP contribution is 2.18. The molecule has 2 rings (SSSR count). The molecule has 1 aromatic carbocycles. The molecule has 5 nitrogen and oxygen atoms in total. The van der Waals surface area contributed by atoms with Crippen LogP contribution < -0.4 is 4.90 Å². The van der Waals surface area contributed by atoms with Gasteiger partial charge in [-0.15, -0.1) is 0 Å². The summed E-state index contributed by atoms with van der Waals surface area (Å²) in [7, 11) is -3.88. The number of hydrogen-bond acceptors (Lipinski definition) is 4. The zero-order valence-electron chi connectivity index (χ0n) is 19.5. The van der Waals surface area contributed by atoms with E-state index in [-0.39, 0.29) is 5.75 Å². The Labute approximate surface area is 194 Å². The summed E-state index contributed by atoms with van der Waals surface area (Å²) in [6.07, 6.45) is 19.6. The van der Waals surface area contributed by atoms with Crippen molar-refractivity contribution in [2.24, 2.45) is 0 Å². The molecule has 0 fully saturated rings. The summed E-state index contributed by atoms with van der Waals surface area (Å²) in [5.74, 6) is -0.199. The molecule has 1 aromatic rings. The van der Waals surface area contributed by atoms with Gasteiger partial charge in [0.1, 0.15) is 0 Å². The van der Waals surface area contributed by atoms with Gasteiger partial charge in [-0.2, -0.15) is 8.42 Å². The summed E-state index contributed by atoms with van der Waals surface area (Å²) in [6, 6.07) is 8.79. The third-order valence-electron chi connectivity index (χ3n) is 5.40. The van der Waals surface area contributed by atoms with E-state index >= 15 is 0 Å². The second-order valence-corrected chi connectivity index (χ2v) is 9.73. The standard InChI is InChI=1S/C26H38N2O3S/c1-3-5-19-28(20-6-4-2)26-14-12-24(13-15-26)10-7-8-11-25-16-21-27(22-17-25)18-9-23-32(29,30)31/h7-8,10-17,21H,3-6,9,18-20,22-23H2,1-2H3,(H,29,30,31). The Morgan fingerprint density at radius 1 is 1.00 bits per heavy atom. The maximum absolute atomic E-state index is 10.8. The monoisotopic (exact) mass is 458 g/mol. The number of rotatable bonds is 14. The molecule has 1 aliphatic rings. The van der Waals surface area contributed by atoms with Crippen LogP contribution in [0.1, 0.15) is 51.5 Å². The van der Waals surface area contributed by atoms with Crippen molar-refractivity contribution in [3.05, 3.63) is 72.0 Å². The quantitative estimate of drug-likeness (QED) is 0.286. The fraction of sp³-hybridized carbons (Fsp3) is 0.462. The van der Waals surface area contributed by atoms with Gasteiger partial charge in [0.25, 0.3) is 10.1 Å². The van der Waals surface area contributed by atoms with E-state index in [1.165, 1.54) is 36.9 Å². The van der Waals surface area contributed by atoms with Gasteiger partial charge in [-0.25, -0.2) is 0 Å². The average Bonchev–Trinajstić information content (AvgIpc) is 2.77. The van der Waals surface area contributed by atoms with Crippen molar-refractivity contribution >= 4 is 21.9 Å². The Balaban J connectivity index is 1.81. The number of hydrogen-bond donors (Lipinski definition) is 1. The van der Waals surface area contributed by atoms with Gasteiger partial charge in [-0.3, -0.25) is 4.55 Å². The van der Waals surface area contributed by atoms with E-state index in [1.807, 2.05) is 29.3 Å². The second kappa shape index (κ2) is 14.0. The van der Waals surface area contributed by atoms with Crippen molar-refractivity contribution in [2.45, 2.75) is 46.0 Å². The first kappa shape index (κ1) is 25.9. The van der Waals surface area contributed by atoms with E-state index in [4.69, 9.17) is 4.55 Å². The van der Waals surface area contributed by atoms with Gasteiger partial charge in [0.2, 0.25) is 0 Å². The van der Waals surface area contributed by atoms with Gasteiger partial charge < -0.3 is 9.80 Å². The van der Waals surface area contributed by atoms with E-state index in [0.717, 1.165) is 25.2 Å². The van der Waals surface area contributed by atoms with Crippen molar-refractivity contribution < 1.29 is 13.0 Å². The van der Waals surface area contributed by atoms with Gasteiger partial charge >= 0.3 is 0 Å². The summed E-state index contributed by atoms with van der Waals surface area (Å²) < 4.78 is 30.4. The maximum atomic E-state index is 10.8. The Kier molecular flexibility index (Phi) is 11.3. The van der Waals surface area contributed by atoms with Crippen LogP contribution >= 0.6 is 0 Å². The first-order valence-corrected chi connectivity index (χ1v) is 13.3. The molecule has 0 atom stereocenters. The van der Waals surface area contributed by atoms with Crippen molar-refractivity contribution in [1.82, 2.24) is 4.90 Å². The van der Waals surface area contributed by atoms with E-state index in [0.29, 0.717) is 13.0 Å². The highest BCUT2D eigenvalue weighted by atomic mass is 32.2. The minimum atomic E-state index is -3.88. The molecular weight excluding hydrogens is 420 g/mol. The van der Waals surface area contributed by atoms with E-state index in [2.05, 4.69) is 61.2 Å². The number of benzene rings is 1.